The highest BCUT2D eigenvalue weighted by atomic mass is 15.1. The summed E-state index contributed by atoms with van der Waals surface area (Å²) in [6.45, 7) is 3.95. The molecule has 2 heterocycles. The number of hydrogen-bond donors (Lipinski definition) is 1. The number of anilines is 1. The summed E-state index contributed by atoms with van der Waals surface area (Å²) in [5.74, 6) is 1.03. The van der Waals surface area contributed by atoms with Crippen molar-refractivity contribution in [1.29, 1.82) is 0 Å². The number of nitrogens with one attached hydrogen (secondary N) is 1. The number of hydrogen-bond acceptors (Lipinski definition) is 3. The zero-order chi connectivity index (χ0) is 14.1. The van der Waals surface area contributed by atoms with Crippen LogP contribution in [-0.4, -0.2) is 25.5 Å². The number of benzene rings is 2. The average Bonchev–Trinajstić information content (AvgIpc) is 3.09. The molecule has 106 valence electrons. The Kier molecular flexibility index (Phi) is 3.11. The van der Waals surface area contributed by atoms with E-state index in [4.69, 9.17) is 0 Å². The van der Waals surface area contributed by atoms with Gasteiger partial charge in [-0.2, -0.15) is 0 Å². The Balaban J connectivity index is 1.55. The molecule has 3 heteroatoms. The molecular formula is C18H19N3. The maximum atomic E-state index is 4.47. The molecule has 0 fully saturated rings. The van der Waals surface area contributed by atoms with Gasteiger partial charge in [-0.05, 0) is 41.8 Å². The summed E-state index contributed by atoms with van der Waals surface area (Å²) in [6, 6.07) is 17.5. The third-order valence-electron chi connectivity index (χ3n) is 4.31. The maximum Gasteiger partial charge on any atom is 0.128 e. The van der Waals surface area contributed by atoms with Crippen molar-refractivity contribution in [3.8, 4) is 0 Å². The summed E-state index contributed by atoms with van der Waals surface area (Å²) >= 11 is 0. The van der Waals surface area contributed by atoms with Crippen LogP contribution in [0.3, 0.4) is 0 Å². The quantitative estimate of drug-likeness (QED) is 0.913. The van der Waals surface area contributed by atoms with Crippen LogP contribution >= 0.6 is 0 Å². The Morgan fingerprint density at radius 2 is 1.76 bits per heavy atom. The van der Waals surface area contributed by atoms with Crippen LogP contribution in [0.5, 0.6) is 0 Å². The Hall–Kier alpha value is -2.29. The molecule has 0 aromatic heterocycles. The van der Waals surface area contributed by atoms with Crippen molar-refractivity contribution < 1.29 is 0 Å². The van der Waals surface area contributed by atoms with Crippen molar-refractivity contribution in [2.24, 2.45) is 4.99 Å². The lowest BCUT2D eigenvalue weighted by molar-refractivity contribution is 0.732. The van der Waals surface area contributed by atoms with Gasteiger partial charge in [0.2, 0.25) is 0 Å². The number of fused-ring (bicyclic) bond motifs is 1. The summed E-state index contributed by atoms with van der Waals surface area (Å²) in [5.41, 5.74) is 5.44. The van der Waals surface area contributed by atoms with Crippen LogP contribution in [0.15, 0.2) is 53.5 Å². The van der Waals surface area contributed by atoms with Crippen molar-refractivity contribution in [2.75, 3.05) is 24.5 Å². The lowest BCUT2D eigenvalue weighted by Crippen LogP contribution is -2.30. The zero-order valence-corrected chi connectivity index (χ0v) is 12.0. The molecule has 0 radical (unpaired) electrons. The van der Waals surface area contributed by atoms with Gasteiger partial charge in [-0.3, -0.25) is 4.99 Å². The van der Waals surface area contributed by atoms with Crippen molar-refractivity contribution in [1.82, 2.24) is 5.32 Å². The van der Waals surface area contributed by atoms with E-state index in [1.807, 2.05) is 0 Å². The van der Waals surface area contributed by atoms with Crippen molar-refractivity contribution in [2.45, 2.75) is 13.0 Å². The summed E-state index contributed by atoms with van der Waals surface area (Å²) in [6.07, 6.45) is 1.13. The summed E-state index contributed by atoms with van der Waals surface area (Å²) in [5, 5.41) is 3.32. The number of nitrogens with zero attached hydrogens (tertiary/aromatic N) is 2. The van der Waals surface area contributed by atoms with E-state index >= 15 is 0 Å². The molecule has 4 rings (SSSR count). The number of aliphatic imine (C=N–C) groups is 1. The fourth-order valence-corrected chi connectivity index (χ4v) is 3.14. The fraction of sp³-hybridized carbons (Fsp3) is 0.278. The van der Waals surface area contributed by atoms with Crippen LogP contribution in [0.25, 0.3) is 0 Å². The smallest absolute Gasteiger partial charge is 0.128 e. The van der Waals surface area contributed by atoms with Crippen LogP contribution in [0.4, 0.5) is 5.69 Å². The molecule has 0 aliphatic carbocycles. The number of amidine groups is 1. The van der Waals surface area contributed by atoms with Crippen molar-refractivity contribution in [3.05, 3.63) is 65.2 Å². The van der Waals surface area contributed by atoms with E-state index < -0.39 is 0 Å². The Bertz CT molecular complexity index is 673. The van der Waals surface area contributed by atoms with Gasteiger partial charge in [0.1, 0.15) is 5.84 Å². The lowest BCUT2D eigenvalue weighted by Gasteiger charge is -2.30. The molecule has 0 spiro atoms. The van der Waals surface area contributed by atoms with Crippen LogP contribution in [0, 0.1) is 0 Å². The Morgan fingerprint density at radius 1 is 0.952 bits per heavy atom. The predicted molar refractivity (Wildman–Crippen MR) is 87.0 cm³/mol. The highest BCUT2D eigenvalue weighted by Gasteiger charge is 2.16. The van der Waals surface area contributed by atoms with E-state index in [0.717, 1.165) is 38.4 Å². The topological polar surface area (TPSA) is 27.6 Å². The van der Waals surface area contributed by atoms with Gasteiger partial charge in [-0.1, -0.05) is 24.3 Å². The van der Waals surface area contributed by atoms with E-state index in [1.54, 1.807) is 0 Å². The molecule has 0 atom stereocenters. The number of rotatable bonds is 2. The molecule has 21 heavy (non-hydrogen) atoms. The fourth-order valence-electron chi connectivity index (χ4n) is 3.14. The second kappa shape index (κ2) is 5.24. The van der Waals surface area contributed by atoms with Crippen LogP contribution < -0.4 is 10.2 Å². The molecule has 2 aliphatic heterocycles. The van der Waals surface area contributed by atoms with Crippen LogP contribution in [0.2, 0.25) is 0 Å². The third kappa shape index (κ3) is 2.40. The molecule has 0 saturated heterocycles. The minimum absolute atomic E-state index is 0.889. The summed E-state index contributed by atoms with van der Waals surface area (Å²) < 4.78 is 0. The second-order valence-electron chi connectivity index (χ2n) is 5.64. The molecule has 0 amide bonds. The van der Waals surface area contributed by atoms with Crippen molar-refractivity contribution >= 4 is 11.5 Å². The third-order valence-corrected chi connectivity index (χ3v) is 4.31. The molecule has 0 unspecified atom stereocenters. The molecule has 2 aliphatic rings. The molecular weight excluding hydrogens is 258 g/mol. The molecule has 2 aromatic rings. The van der Waals surface area contributed by atoms with Gasteiger partial charge in [0.25, 0.3) is 0 Å². The van der Waals surface area contributed by atoms with Gasteiger partial charge in [0.15, 0.2) is 0 Å². The van der Waals surface area contributed by atoms with E-state index in [9.17, 15) is 0 Å². The van der Waals surface area contributed by atoms with Gasteiger partial charge in [0, 0.05) is 30.9 Å². The van der Waals surface area contributed by atoms with Crippen molar-refractivity contribution in [3.63, 3.8) is 0 Å². The summed E-state index contributed by atoms with van der Waals surface area (Å²) in [4.78, 5) is 6.92. The standard InChI is InChI=1S/C18H19N3/c1-2-4-16-13-21(12-9-14(16)3-1)17-7-5-15(6-8-17)18-19-10-11-20-18/h1-8H,9-13H2,(H,19,20). The average molecular weight is 277 g/mol. The first kappa shape index (κ1) is 12.5. The molecule has 1 N–H and O–H groups in total. The Morgan fingerprint density at radius 3 is 2.52 bits per heavy atom. The molecule has 0 bridgehead atoms. The molecule has 2 aromatic carbocycles. The van der Waals surface area contributed by atoms with E-state index in [1.165, 1.54) is 22.4 Å². The first-order valence-corrected chi connectivity index (χ1v) is 7.61. The highest BCUT2D eigenvalue weighted by Crippen LogP contribution is 2.24. The van der Waals surface area contributed by atoms with Gasteiger partial charge < -0.3 is 10.2 Å². The van der Waals surface area contributed by atoms with E-state index in [2.05, 4.69) is 63.7 Å². The first-order chi connectivity index (χ1) is 10.4. The minimum Gasteiger partial charge on any atom is -0.368 e. The normalized spacial score (nSPS) is 17.1. The summed E-state index contributed by atoms with van der Waals surface area (Å²) in [7, 11) is 0. The lowest BCUT2D eigenvalue weighted by atomic mass is 9.99. The molecule has 0 saturated carbocycles. The van der Waals surface area contributed by atoms with Gasteiger partial charge in [-0.15, -0.1) is 0 Å². The van der Waals surface area contributed by atoms with Gasteiger partial charge >= 0.3 is 0 Å². The van der Waals surface area contributed by atoms with E-state index in [-0.39, 0.29) is 0 Å². The van der Waals surface area contributed by atoms with E-state index in [0.29, 0.717) is 0 Å². The van der Waals surface area contributed by atoms with Gasteiger partial charge in [-0.25, -0.2) is 0 Å². The van der Waals surface area contributed by atoms with Crippen LogP contribution in [-0.2, 0) is 13.0 Å². The zero-order valence-electron chi connectivity index (χ0n) is 12.0. The highest BCUT2D eigenvalue weighted by molar-refractivity contribution is 5.99. The predicted octanol–water partition coefficient (Wildman–Crippen LogP) is 2.60. The first-order valence-electron chi connectivity index (χ1n) is 7.61. The monoisotopic (exact) mass is 277 g/mol. The molecule has 3 nitrogen and oxygen atoms in total. The largest absolute Gasteiger partial charge is 0.368 e. The SMILES string of the molecule is c1ccc2c(c1)CCN(c1ccc(C3=NCCN3)cc1)C2. The Labute approximate surface area is 125 Å². The maximum absolute atomic E-state index is 4.47. The minimum atomic E-state index is 0.889. The second-order valence-corrected chi connectivity index (χ2v) is 5.64. The van der Waals surface area contributed by atoms with Crippen LogP contribution in [0.1, 0.15) is 16.7 Å². The van der Waals surface area contributed by atoms with Gasteiger partial charge in [0.05, 0.1) is 6.54 Å².